The van der Waals surface area contributed by atoms with Crippen LogP contribution in [0.2, 0.25) is 5.02 Å². The molecule has 0 saturated carbocycles. The topological polar surface area (TPSA) is 83.6 Å². The monoisotopic (exact) mass is 326 g/mol. The Morgan fingerprint density at radius 2 is 2.00 bits per heavy atom. The Labute approximate surface area is 132 Å². The molecule has 3 N–H and O–H groups in total. The first kappa shape index (κ1) is 16.0. The van der Waals surface area contributed by atoms with Crippen LogP contribution in [0.15, 0.2) is 33.9 Å². The van der Waals surface area contributed by atoms with Gasteiger partial charge in [0.15, 0.2) is 11.8 Å². The molecule has 0 aliphatic carbocycles. The number of hydrogen-bond acceptors (Lipinski definition) is 5. The largest absolute Gasteiger partial charge is 0.410 e. The van der Waals surface area contributed by atoms with Gasteiger partial charge in [-0.25, -0.2) is 0 Å². The lowest BCUT2D eigenvalue weighted by atomic mass is 10.1. The Hall–Kier alpha value is -1.37. The van der Waals surface area contributed by atoms with Gasteiger partial charge in [-0.3, -0.25) is 4.79 Å². The molecular formula is C14H17ClN3O2S+. The lowest BCUT2D eigenvalue weighted by molar-refractivity contribution is -0.443. The third kappa shape index (κ3) is 4.30. The number of quaternary nitrogens is 1. The fraction of sp³-hybridized carbons (Fsp3) is 0.357. The highest BCUT2D eigenvalue weighted by Crippen LogP contribution is 2.22. The number of benzene rings is 1. The number of rotatable bonds is 6. The number of nitrogens with zero attached hydrogens (tertiary/aromatic N) is 2. The molecule has 0 unspecified atom stereocenters. The average Bonchev–Trinajstić information content (AvgIpc) is 2.93. The van der Waals surface area contributed by atoms with Crippen molar-refractivity contribution in [2.75, 3.05) is 5.75 Å². The molecule has 5 nitrogen and oxygen atoms in total. The minimum absolute atomic E-state index is 0.00792. The molecule has 0 radical (unpaired) electrons. The van der Waals surface area contributed by atoms with Crippen LogP contribution in [0.3, 0.4) is 0 Å². The average molecular weight is 327 g/mol. The number of ketones is 1. The maximum atomic E-state index is 12.0. The first-order valence-electron chi connectivity index (χ1n) is 6.55. The predicted molar refractivity (Wildman–Crippen MR) is 81.3 cm³/mol. The van der Waals surface area contributed by atoms with E-state index >= 15 is 0 Å². The van der Waals surface area contributed by atoms with Crippen LogP contribution in [0.1, 0.15) is 36.1 Å². The Morgan fingerprint density at radius 3 is 2.62 bits per heavy atom. The zero-order chi connectivity index (χ0) is 15.4. The fourth-order valence-electron chi connectivity index (χ4n) is 1.56. The molecule has 1 atom stereocenters. The van der Waals surface area contributed by atoms with E-state index in [1.54, 1.807) is 24.3 Å². The van der Waals surface area contributed by atoms with Crippen molar-refractivity contribution in [1.82, 2.24) is 10.2 Å². The molecule has 112 valence electrons. The summed E-state index contributed by atoms with van der Waals surface area (Å²) in [6, 6.07) is 6.75. The van der Waals surface area contributed by atoms with Crippen LogP contribution in [0, 0.1) is 5.92 Å². The van der Waals surface area contributed by atoms with Gasteiger partial charge in [0.25, 0.3) is 11.1 Å². The summed E-state index contributed by atoms with van der Waals surface area (Å²) in [6.45, 7) is 4.08. The summed E-state index contributed by atoms with van der Waals surface area (Å²) in [5.74, 6) is 1.06. The number of halogens is 1. The molecule has 0 spiro atoms. The molecule has 0 amide bonds. The van der Waals surface area contributed by atoms with Crippen LogP contribution in [-0.2, 0) is 0 Å². The Balaban J connectivity index is 1.94. The number of aromatic nitrogens is 2. The Kier molecular flexibility index (Phi) is 5.39. The number of Topliss-reactive ketones (excluding diaryl/α,β-unsaturated/α-hetero) is 1. The molecule has 1 aromatic heterocycles. The summed E-state index contributed by atoms with van der Waals surface area (Å²) in [7, 11) is 0. The Bertz CT molecular complexity index is 613. The quantitative estimate of drug-likeness (QED) is 0.651. The van der Waals surface area contributed by atoms with Crippen molar-refractivity contribution in [2.45, 2.75) is 25.1 Å². The molecule has 0 aliphatic rings. The van der Waals surface area contributed by atoms with Gasteiger partial charge in [0.2, 0.25) is 0 Å². The van der Waals surface area contributed by atoms with Gasteiger partial charge < -0.3 is 10.2 Å². The molecule has 0 saturated heterocycles. The van der Waals surface area contributed by atoms with Gasteiger partial charge in [-0.2, -0.15) is 0 Å². The van der Waals surface area contributed by atoms with Gasteiger partial charge in [0.05, 0.1) is 5.75 Å². The van der Waals surface area contributed by atoms with E-state index < -0.39 is 0 Å². The van der Waals surface area contributed by atoms with E-state index in [0.29, 0.717) is 27.6 Å². The lowest BCUT2D eigenvalue weighted by Gasteiger charge is -2.05. The molecule has 0 fully saturated rings. The predicted octanol–water partition coefficient (Wildman–Crippen LogP) is 2.64. The van der Waals surface area contributed by atoms with Crippen molar-refractivity contribution >= 4 is 29.1 Å². The first-order valence-corrected chi connectivity index (χ1v) is 7.91. The van der Waals surface area contributed by atoms with Gasteiger partial charge in [0.1, 0.15) is 0 Å². The van der Waals surface area contributed by atoms with E-state index in [4.69, 9.17) is 16.0 Å². The number of carbonyl (C=O) groups excluding carboxylic acids is 1. The Morgan fingerprint density at radius 1 is 1.33 bits per heavy atom. The number of thioether (sulfide) groups is 1. The minimum atomic E-state index is -0.0428. The van der Waals surface area contributed by atoms with E-state index in [1.807, 2.05) is 13.8 Å². The highest BCUT2D eigenvalue weighted by Gasteiger charge is 2.21. The third-order valence-electron chi connectivity index (χ3n) is 3.04. The van der Waals surface area contributed by atoms with Gasteiger partial charge in [-0.1, -0.05) is 37.2 Å². The van der Waals surface area contributed by atoms with Crippen molar-refractivity contribution in [2.24, 2.45) is 5.92 Å². The van der Waals surface area contributed by atoms with Crippen LogP contribution in [-0.4, -0.2) is 21.7 Å². The fourth-order valence-corrected chi connectivity index (χ4v) is 2.35. The van der Waals surface area contributed by atoms with Gasteiger partial charge in [-0.05, 0) is 24.3 Å². The number of carbonyl (C=O) groups is 1. The van der Waals surface area contributed by atoms with Crippen LogP contribution < -0.4 is 5.73 Å². The molecule has 2 rings (SSSR count). The molecule has 0 bridgehead atoms. The van der Waals surface area contributed by atoms with E-state index in [-0.39, 0.29) is 17.6 Å². The summed E-state index contributed by atoms with van der Waals surface area (Å²) in [5, 5.41) is 8.90. The highest BCUT2D eigenvalue weighted by atomic mass is 35.5. The van der Waals surface area contributed by atoms with E-state index in [1.165, 1.54) is 11.8 Å². The molecule has 1 aromatic carbocycles. The SMILES string of the molecule is CC(C)[C@H]([NH3+])c1nnc(SCC(=O)c2ccc(Cl)cc2)o1. The minimum Gasteiger partial charge on any atom is -0.410 e. The second-order valence-corrected chi connectivity index (χ2v) is 6.34. The smallest absolute Gasteiger partial charge is 0.277 e. The van der Waals surface area contributed by atoms with Crippen molar-refractivity contribution in [1.29, 1.82) is 0 Å². The first-order chi connectivity index (χ1) is 9.97. The van der Waals surface area contributed by atoms with Gasteiger partial charge in [0, 0.05) is 16.5 Å². The molecule has 1 heterocycles. The lowest BCUT2D eigenvalue weighted by Crippen LogP contribution is -2.56. The summed E-state index contributed by atoms with van der Waals surface area (Å²) >= 11 is 7.02. The molecule has 2 aromatic rings. The van der Waals surface area contributed by atoms with Crippen LogP contribution in [0.25, 0.3) is 0 Å². The molecular weight excluding hydrogens is 310 g/mol. The standard InChI is InChI=1S/C14H16ClN3O2S/c1-8(2)12(16)13-17-18-14(20-13)21-7-11(19)9-3-5-10(15)6-4-9/h3-6,8,12H,7,16H2,1-2H3/p+1/t12-/m0/s1. The van der Waals surface area contributed by atoms with Gasteiger partial charge >= 0.3 is 0 Å². The summed E-state index contributed by atoms with van der Waals surface area (Å²) in [4.78, 5) is 12.0. The van der Waals surface area contributed by atoms with Gasteiger partial charge in [-0.15, -0.1) is 10.2 Å². The van der Waals surface area contributed by atoms with Crippen LogP contribution >= 0.6 is 23.4 Å². The van der Waals surface area contributed by atoms with E-state index in [2.05, 4.69) is 15.9 Å². The van der Waals surface area contributed by atoms with Crippen molar-refractivity contribution in [3.63, 3.8) is 0 Å². The number of hydrogen-bond donors (Lipinski definition) is 1. The van der Waals surface area contributed by atoms with Crippen molar-refractivity contribution < 1.29 is 14.9 Å². The zero-order valence-corrected chi connectivity index (χ0v) is 13.4. The summed E-state index contributed by atoms with van der Waals surface area (Å²) < 4.78 is 5.52. The van der Waals surface area contributed by atoms with Crippen molar-refractivity contribution in [3.8, 4) is 0 Å². The van der Waals surface area contributed by atoms with E-state index in [0.717, 1.165) is 0 Å². The van der Waals surface area contributed by atoms with E-state index in [9.17, 15) is 4.79 Å². The van der Waals surface area contributed by atoms with Crippen LogP contribution in [0.4, 0.5) is 0 Å². The molecule has 7 heteroatoms. The molecule has 21 heavy (non-hydrogen) atoms. The maximum absolute atomic E-state index is 12.0. The third-order valence-corrected chi connectivity index (χ3v) is 4.11. The highest BCUT2D eigenvalue weighted by molar-refractivity contribution is 7.99. The summed E-state index contributed by atoms with van der Waals surface area (Å²) in [5.41, 5.74) is 4.60. The second kappa shape index (κ2) is 7.06. The zero-order valence-electron chi connectivity index (χ0n) is 11.9. The van der Waals surface area contributed by atoms with Crippen LogP contribution in [0.5, 0.6) is 0 Å². The molecule has 0 aliphatic heterocycles. The normalized spacial score (nSPS) is 12.6. The van der Waals surface area contributed by atoms with Crippen molar-refractivity contribution in [3.05, 3.63) is 40.7 Å². The second-order valence-electron chi connectivity index (χ2n) is 4.98. The maximum Gasteiger partial charge on any atom is 0.277 e. The summed E-state index contributed by atoms with van der Waals surface area (Å²) in [6.07, 6.45) is 0.